The monoisotopic (exact) mass is 3350 g/mol. The van der Waals surface area contributed by atoms with Gasteiger partial charge in [0.2, 0.25) is 0 Å². The Kier molecular flexibility index (Phi) is 372. The van der Waals surface area contributed by atoms with Crippen molar-refractivity contribution < 1.29 is 302 Å². The summed E-state index contributed by atoms with van der Waals surface area (Å²) in [4.78, 5) is 153. The molecule has 0 unspecified atom stereocenters. The fourth-order valence-electron chi connectivity index (χ4n) is 0. The van der Waals surface area contributed by atoms with Crippen LogP contribution in [0.15, 0.2) is 0 Å². The van der Waals surface area contributed by atoms with Gasteiger partial charge in [-0.05, 0) is 0 Å². The van der Waals surface area contributed by atoms with E-state index >= 15 is 0 Å². The van der Waals surface area contributed by atoms with Crippen LogP contribution in [0.3, 0.4) is 0 Å². The molecule has 45 nitrogen and oxygen atoms in total. The van der Waals surface area contributed by atoms with Gasteiger partial charge in [-0.25, -0.2) is 0 Å². The summed E-state index contributed by atoms with van der Waals surface area (Å²) < 4.78 is 231. The molecule has 0 aromatic heterocycles. The fourth-order valence-corrected chi connectivity index (χ4v) is 0. The second kappa shape index (κ2) is 158. The van der Waals surface area contributed by atoms with Crippen LogP contribution in [0, 0.1) is 0 Å². The van der Waals surface area contributed by atoms with Crippen LogP contribution < -0.4 is 131 Å². The third-order valence-corrected chi connectivity index (χ3v) is 0. The Balaban J connectivity index is -0.0000000133. The maximum atomic E-state index is 8.58. The van der Waals surface area contributed by atoms with Crippen LogP contribution in [-0.2, 0) is 172 Å². The van der Waals surface area contributed by atoms with Gasteiger partial charge in [0.1, 0.15) is 0 Å². The van der Waals surface area contributed by atoms with Crippen LogP contribution in [0.5, 0.6) is 0 Å². The van der Waals surface area contributed by atoms with Crippen LogP contribution in [0.4, 0.5) is 0 Å². The van der Waals surface area contributed by atoms with E-state index in [4.69, 9.17) is 191 Å². The second-order valence-electron chi connectivity index (χ2n) is 3.75. The van der Waals surface area contributed by atoms with Gasteiger partial charge in [-0.2, -0.15) is 0 Å². The summed E-state index contributed by atoms with van der Waals surface area (Å²) in [5, 5.41) is 0. The summed E-state index contributed by atoms with van der Waals surface area (Å²) in [6.45, 7) is 0. The molecule has 0 fully saturated rings. The molecule has 70 heavy (non-hydrogen) atoms. The number of hydrogen-bond donors (Lipinski definition) is 0. The first kappa shape index (κ1) is 165. The molecule has 0 aliphatic carbocycles. The van der Waals surface area contributed by atoms with Crippen molar-refractivity contribution in [3.8, 4) is 0 Å². The molecule has 0 amide bonds. The molecule has 0 bridgehead atoms. The molecule has 0 N–H and O–H groups in total. The van der Waals surface area contributed by atoms with Gasteiger partial charge < -0.3 is 126 Å². The summed E-state index contributed by atoms with van der Waals surface area (Å²) in [5.74, 6) is 0. The van der Waals surface area contributed by atoms with Crippen molar-refractivity contribution in [3.63, 3.8) is 0 Å². The van der Waals surface area contributed by atoms with Crippen molar-refractivity contribution in [1.29, 1.82) is 0 Å². The van der Waals surface area contributed by atoms with Gasteiger partial charge >= 0.3 is 438 Å². The summed E-state index contributed by atoms with van der Waals surface area (Å²) in [6.07, 6.45) is 0. The molecular weight excluding hydrogens is 3350 g/mol. The molecule has 0 saturated heterocycles. The first-order valence-corrected chi connectivity index (χ1v) is 31.7. The first-order chi connectivity index (χ1) is 26.0. The van der Waals surface area contributed by atoms with E-state index < -0.39 is 194 Å². The Morgan fingerprint density at radius 1 is 0.157 bits per heavy atom. The summed E-state index contributed by atoms with van der Waals surface area (Å²) in [6, 6.07) is 0. The number of rotatable bonds is 0. The van der Waals surface area contributed by atoms with Crippen molar-refractivity contribution in [1.82, 2.24) is 0 Å². The van der Waals surface area contributed by atoms with Gasteiger partial charge in [0.15, 0.2) is 0 Å². The van der Waals surface area contributed by atoms with Gasteiger partial charge in [0.25, 0.3) is 0 Å². The Hall–Kier alpha value is 7.99. The Labute approximate surface area is 633 Å². The van der Waals surface area contributed by atoms with Gasteiger partial charge in [-0.1, -0.05) is 0 Å². The average Bonchev–Trinajstić information content (AvgIpc) is 2.78. The third kappa shape index (κ3) is 6700. The van der Waals surface area contributed by atoms with Crippen LogP contribution in [0.2, 0.25) is 0 Å². The molecular formula is Bi10O45Si9Ti6. The standard InChI is InChI=1S/10Bi.9O3Si.18O.6Ti/c;;;;;;;;;;9*1-4(2)3;;;;;;;;;;;;;;;;;;;;;;;;/q10*+3;9*-2;;;;;;;12*-1;;;;;;. The SMILES string of the molecule is O=[Si]([O-])[O-].O=[Si]([O-])[O-].O=[Si]([O-])[O-].O=[Si]([O-])[O-].O=[Si]([O-])[O-].O=[Si]([O-])[O-].O=[Si]([O-])[O-].O=[Si]([O-])[O-].O=[Si]([O-])[O-].[Bi+3].[Bi+3].[Bi+3].[Bi+3].[Bi+3].[Bi+3].[Bi+3].[Bi+3].[Bi+3].[Bi+3].[O]=[Ti]([O-])[O-].[O]=[Ti]([O-])[O-].[O]=[Ti]([O-])[O-].[O]=[Ti]([O-])[O-].[O]=[Ti]([O-])[O-].[O]=[Ti]([O-])[O-]. The molecule has 380 valence electrons. The quantitative estimate of drug-likeness (QED) is 0.203. The van der Waals surface area contributed by atoms with Crippen LogP contribution >= 0.6 is 0 Å². The van der Waals surface area contributed by atoms with E-state index in [0.717, 1.165) is 0 Å². The topological polar surface area (TPSA) is 948 Å². The van der Waals surface area contributed by atoms with E-state index in [1.165, 1.54) is 0 Å². The Morgan fingerprint density at radius 2 is 0.157 bits per heavy atom. The van der Waals surface area contributed by atoms with Gasteiger partial charge in [-0.3, -0.25) is 0 Å². The van der Waals surface area contributed by atoms with E-state index in [1.807, 2.05) is 0 Å². The zero-order valence-electron chi connectivity index (χ0n) is 30.3. The molecule has 0 atom stereocenters. The zero-order chi connectivity index (χ0) is 53.7. The van der Waals surface area contributed by atoms with E-state index in [2.05, 4.69) is 0 Å². The number of hydrogen-bond acceptors (Lipinski definition) is 45. The molecule has 0 aliphatic rings. The van der Waals surface area contributed by atoms with Crippen molar-refractivity contribution >= 4 is 345 Å². The minimum absolute atomic E-state index is 0. The molecule has 0 aromatic carbocycles. The van der Waals surface area contributed by atoms with Crippen molar-refractivity contribution in [3.05, 3.63) is 0 Å². The third-order valence-electron chi connectivity index (χ3n) is 0. The normalized spacial score (nSPS) is 5.31. The molecule has 0 rings (SSSR count). The molecule has 0 heterocycles. The van der Waals surface area contributed by atoms with Gasteiger partial charge in [-0.15, -0.1) is 0 Å². The molecule has 0 spiro atoms. The van der Waals surface area contributed by atoms with Gasteiger partial charge in [0, 0.05) is 82.5 Å². The van der Waals surface area contributed by atoms with E-state index in [0.29, 0.717) is 0 Å². The first-order valence-electron chi connectivity index (χ1n) is 9.19. The van der Waals surface area contributed by atoms with E-state index in [-0.39, 0.29) is 262 Å². The molecule has 70 heteroatoms. The van der Waals surface area contributed by atoms with Gasteiger partial charge in [0.05, 0.1) is 0 Å². The van der Waals surface area contributed by atoms with Crippen LogP contribution in [0.25, 0.3) is 0 Å². The van der Waals surface area contributed by atoms with Crippen LogP contribution in [-0.4, -0.2) is 345 Å². The van der Waals surface area contributed by atoms with Crippen molar-refractivity contribution in [2.24, 2.45) is 0 Å². The predicted octanol–water partition coefficient (Wildman–Crippen LogP) is -44.7. The zero-order valence-corrected chi connectivity index (χ0v) is 83.5. The van der Waals surface area contributed by atoms with Crippen molar-refractivity contribution in [2.75, 3.05) is 0 Å². The predicted molar refractivity (Wildman–Crippen MR) is 120 cm³/mol. The Bertz CT molecular complexity index is 802. The molecule has 0 aliphatic heterocycles. The summed E-state index contributed by atoms with van der Waals surface area (Å²) in [5.41, 5.74) is 0. The second-order valence-corrected chi connectivity index (χ2v) is 12.9. The molecule has 0 saturated carbocycles. The summed E-state index contributed by atoms with van der Waals surface area (Å²) >= 11 is -24.5. The van der Waals surface area contributed by atoms with Crippen molar-refractivity contribution in [2.45, 2.75) is 0 Å². The maximum absolute atomic E-state index is 8.58. The van der Waals surface area contributed by atoms with E-state index in [1.54, 1.807) is 0 Å². The van der Waals surface area contributed by atoms with Crippen LogP contribution in [0.1, 0.15) is 0 Å². The fraction of sp³-hybridized carbons (Fsp3) is 0. The van der Waals surface area contributed by atoms with E-state index in [9.17, 15) is 0 Å². The molecule has 20 radical (unpaired) electrons. The average molecular weight is 3350 g/mol. The summed E-state index contributed by atoms with van der Waals surface area (Å²) in [7, 11) is -32.7. The minimum atomic E-state index is -4.08. The Morgan fingerprint density at radius 3 is 0.157 bits per heavy atom. The molecule has 0 aromatic rings.